The third kappa shape index (κ3) is 3.87. The zero-order valence-electron chi connectivity index (χ0n) is 11.1. The van der Waals surface area contributed by atoms with Gasteiger partial charge in [0.25, 0.3) is 0 Å². The molecule has 0 amide bonds. The largest absolute Gasteiger partial charge is 0.313 e. The van der Waals surface area contributed by atoms with Crippen molar-refractivity contribution >= 4 is 11.3 Å². The third-order valence-electron chi connectivity index (χ3n) is 2.84. The van der Waals surface area contributed by atoms with Gasteiger partial charge in [0.2, 0.25) is 0 Å². The molecule has 16 heavy (non-hydrogen) atoms. The van der Waals surface area contributed by atoms with Crippen LogP contribution >= 0.6 is 11.3 Å². The number of nitrogens with zero attached hydrogens (tertiary/aromatic N) is 1. The van der Waals surface area contributed by atoms with Crippen LogP contribution in [0.15, 0.2) is 5.38 Å². The summed E-state index contributed by atoms with van der Waals surface area (Å²) in [6.07, 6.45) is 2.08. The highest BCUT2D eigenvalue weighted by molar-refractivity contribution is 7.09. The lowest BCUT2D eigenvalue weighted by atomic mass is 9.85. The normalized spacial score (nSPS) is 14.1. The standard InChI is InChI=1S/C13H24N2S/c1-6-10-9-16-12(15-10)8-11(14-7-2)13(3,4)5/h9,11,14H,6-8H2,1-5H3. The van der Waals surface area contributed by atoms with Gasteiger partial charge < -0.3 is 5.32 Å². The predicted octanol–water partition coefficient (Wildman–Crippen LogP) is 3.27. The van der Waals surface area contributed by atoms with E-state index in [0.717, 1.165) is 19.4 Å². The van der Waals surface area contributed by atoms with Crippen LogP contribution in [0.25, 0.3) is 0 Å². The van der Waals surface area contributed by atoms with Crippen molar-refractivity contribution < 1.29 is 0 Å². The topological polar surface area (TPSA) is 24.9 Å². The molecule has 92 valence electrons. The van der Waals surface area contributed by atoms with E-state index in [9.17, 15) is 0 Å². The van der Waals surface area contributed by atoms with Crippen molar-refractivity contribution in [3.63, 3.8) is 0 Å². The van der Waals surface area contributed by atoms with E-state index in [4.69, 9.17) is 0 Å². The summed E-state index contributed by atoms with van der Waals surface area (Å²) in [4.78, 5) is 4.64. The molecule has 1 aromatic rings. The van der Waals surface area contributed by atoms with Gasteiger partial charge in [-0.2, -0.15) is 0 Å². The second kappa shape index (κ2) is 5.78. The van der Waals surface area contributed by atoms with E-state index in [1.54, 1.807) is 11.3 Å². The molecule has 0 aromatic carbocycles. The average molecular weight is 240 g/mol. The lowest BCUT2D eigenvalue weighted by Gasteiger charge is -2.30. The van der Waals surface area contributed by atoms with Crippen LogP contribution in [0.1, 0.15) is 45.3 Å². The van der Waals surface area contributed by atoms with Gasteiger partial charge in [-0.25, -0.2) is 4.98 Å². The van der Waals surface area contributed by atoms with Gasteiger partial charge in [-0.05, 0) is 18.4 Å². The molecule has 1 N–H and O–H groups in total. The van der Waals surface area contributed by atoms with Gasteiger partial charge in [-0.3, -0.25) is 0 Å². The molecule has 1 heterocycles. The highest BCUT2D eigenvalue weighted by atomic mass is 32.1. The molecule has 0 aliphatic heterocycles. The fourth-order valence-electron chi connectivity index (χ4n) is 1.71. The molecule has 1 atom stereocenters. The van der Waals surface area contributed by atoms with Crippen molar-refractivity contribution in [3.05, 3.63) is 16.1 Å². The Hall–Kier alpha value is -0.410. The van der Waals surface area contributed by atoms with Crippen LogP contribution < -0.4 is 5.32 Å². The summed E-state index contributed by atoms with van der Waals surface area (Å²) in [5, 5.41) is 7.01. The van der Waals surface area contributed by atoms with Gasteiger partial charge >= 0.3 is 0 Å². The molecule has 0 saturated carbocycles. The molecule has 0 fully saturated rings. The smallest absolute Gasteiger partial charge is 0.0943 e. The summed E-state index contributed by atoms with van der Waals surface area (Å²) < 4.78 is 0. The number of aryl methyl sites for hydroxylation is 1. The highest BCUT2D eigenvalue weighted by Gasteiger charge is 2.24. The lowest BCUT2D eigenvalue weighted by molar-refractivity contribution is 0.270. The maximum absolute atomic E-state index is 4.64. The Kier molecular flexibility index (Phi) is 4.93. The minimum absolute atomic E-state index is 0.286. The quantitative estimate of drug-likeness (QED) is 0.854. The minimum atomic E-state index is 0.286. The first-order valence-electron chi connectivity index (χ1n) is 6.14. The van der Waals surface area contributed by atoms with Crippen LogP contribution in [0.3, 0.4) is 0 Å². The number of likely N-dealkylation sites (N-methyl/N-ethyl adjacent to an activating group) is 1. The van der Waals surface area contributed by atoms with Gasteiger partial charge in [0.15, 0.2) is 0 Å². The van der Waals surface area contributed by atoms with Gasteiger partial charge in [-0.1, -0.05) is 34.6 Å². The molecule has 1 rings (SSSR count). The zero-order valence-corrected chi connectivity index (χ0v) is 11.9. The number of nitrogens with one attached hydrogen (secondary N) is 1. The molecule has 2 nitrogen and oxygen atoms in total. The first-order chi connectivity index (χ1) is 7.47. The van der Waals surface area contributed by atoms with E-state index >= 15 is 0 Å². The molecular weight excluding hydrogens is 216 g/mol. The van der Waals surface area contributed by atoms with Crippen molar-refractivity contribution in [1.82, 2.24) is 10.3 Å². The Labute approximate surface area is 103 Å². The Balaban J connectivity index is 2.67. The van der Waals surface area contributed by atoms with E-state index in [-0.39, 0.29) is 5.41 Å². The Bertz CT molecular complexity index is 312. The van der Waals surface area contributed by atoms with Crippen LogP contribution in [0.5, 0.6) is 0 Å². The zero-order chi connectivity index (χ0) is 12.2. The summed E-state index contributed by atoms with van der Waals surface area (Å²) in [6, 6.07) is 0.508. The summed E-state index contributed by atoms with van der Waals surface area (Å²) in [7, 11) is 0. The molecular formula is C13H24N2S. The number of rotatable bonds is 5. The van der Waals surface area contributed by atoms with Gasteiger partial charge in [0.1, 0.15) is 0 Å². The van der Waals surface area contributed by atoms with E-state index in [1.807, 2.05) is 0 Å². The van der Waals surface area contributed by atoms with Crippen molar-refractivity contribution in [2.75, 3.05) is 6.54 Å². The van der Waals surface area contributed by atoms with Crippen molar-refractivity contribution in [2.24, 2.45) is 5.41 Å². The minimum Gasteiger partial charge on any atom is -0.313 e. The molecule has 1 unspecified atom stereocenters. The number of thiazole rings is 1. The summed E-state index contributed by atoms with van der Waals surface area (Å²) in [5.74, 6) is 0. The SMILES string of the molecule is CCNC(Cc1nc(CC)cs1)C(C)(C)C. The highest BCUT2D eigenvalue weighted by Crippen LogP contribution is 2.24. The molecule has 0 radical (unpaired) electrons. The summed E-state index contributed by atoms with van der Waals surface area (Å²) in [5.41, 5.74) is 1.51. The van der Waals surface area contributed by atoms with Crippen LogP contribution in [0.4, 0.5) is 0 Å². The molecule has 1 aromatic heterocycles. The number of aromatic nitrogens is 1. The van der Waals surface area contributed by atoms with Gasteiger partial charge in [0, 0.05) is 17.8 Å². The Morgan fingerprint density at radius 1 is 1.38 bits per heavy atom. The van der Waals surface area contributed by atoms with Crippen LogP contribution in [0, 0.1) is 5.41 Å². The first-order valence-corrected chi connectivity index (χ1v) is 7.02. The molecule has 0 spiro atoms. The van der Waals surface area contributed by atoms with Crippen molar-refractivity contribution in [3.8, 4) is 0 Å². The fourth-order valence-corrected chi connectivity index (χ4v) is 2.63. The summed E-state index contributed by atoms with van der Waals surface area (Å²) in [6.45, 7) is 12.2. The Morgan fingerprint density at radius 2 is 2.06 bits per heavy atom. The molecule has 0 aliphatic carbocycles. The lowest BCUT2D eigenvalue weighted by Crippen LogP contribution is -2.41. The second-order valence-electron chi connectivity index (χ2n) is 5.27. The maximum Gasteiger partial charge on any atom is 0.0943 e. The molecule has 0 bridgehead atoms. The molecule has 0 saturated heterocycles. The van der Waals surface area contributed by atoms with E-state index in [2.05, 4.69) is 50.3 Å². The van der Waals surface area contributed by atoms with Crippen molar-refractivity contribution in [1.29, 1.82) is 0 Å². The van der Waals surface area contributed by atoms with Crippen LogP contribution in [-0.4, -0.2) is 17.6 Å². The van der Waals surface area contributed by atoms with E-state index in [0.29, 0.717) is 6.04 Å². The molecule has 0 aliphatic rings. The number of hydrogen-bond acceptors (Lipinski definition) is 3. The van der Waals surface area contributed by atoms with Gasteiger partial charge in [0.05, 0.1) is 10.7 Å². The maximum atomic E-state index is 4.64. The molecule has 3 heteroatoms. The second-order valence-corrected chi connectivity index (χ2v) is 6.21. The predicted molar refractivity (Wildman–Crippen MR) is 72.1 cm³/mol. The summed E-state index contributed by atoms with van der Waals surface area (Å²) >= 11 is 1.79. The third-order valence-corrected chi connectivity index (χ3v) is 3.76. The van der Waals surface area contributed by atoms with Crippen LogP contribution in [-0.2, 0) is 12.8 Å². The monoisotopic (exact) mass is 240 g/mol. The average Bonchev–Trinajstić information content (AvgIpc) is 2.63. The van der Waals surface area contributed by atoms with Crippen LogP contribution in [0.2, 0.25) is 0 Å². The number of hydrogen-bond donors (Lipinski definition) is 1. The van der Waals surface area contributed by atoms with E-state index in [1.165, 1.54) is 10.7 Å². The first kappa shape index (κ1) is 13.7. The van der Waals surface area contributed by atoms with Crippen molar-refractivity contribution in [2.45, 2.75) is 53.5 Å². The Morgan fingerprint density at radius 3 is 2.50 bits per heavy atom. The van der Waals surface area contributed by atoms with Gasteiger partial charge in [-0.15, -0.1) is 11.3 Å². The van der Waals surface area contributed by atoms with E-state index < -0.39 is 0 Å². The fraction of sp³-hybridized carbons (Fsp3) is 0.769.